The summed E-state index contributed by atoms with van der Waals surface area (Å²) in [7, 11) is 0. The first-order valence-corrected chi connectivity index (χ1v) is 9.22. The summed E-state index contributed by atoms with van der Waals surface area (Å²) >= 11 is 0. The van der Waals surface area contributed by atoms with Crippen molar-refractivity contribution in [3.63, 3.8) is 0 Å². The lowest BCUT2D eigenvalue weighted by atomic mass is 10.0. The molecule has 1 aliphatic heterocycles. The van der Waals surface area contributed by atoms with Crippen LogP contribution in [0.3, 0.4) is 0 Å². The van der Waals surface area contributed by atoms with Gasteiger partial charge in [0.05, 0.1) is 12.4 Å². The lowest BCUT2D eigenvalue weighted by Crippen LogP contribution is -2.47. The molecule has 1 aromatic carbocycles. The number of hydrogen-bond donors (Lipinski definition) is 1. The summed E-state index contributed by atoms with van der Waals surface area (Å²) < 4.78 is 13.2. The van der Waals surface area contributed by atoms with Gasteiger partial charge in [-0.15, -0.1) is 0 Å². The van der Waals surface area contributed by atoms with E-state index in [0.29, 0.717) is 13.1 Å². The van der Waals surface area contributed by atoms with Crippen LogP contribution in [0.15, 0.2) is 41.6 Å². The van der Waals surface area contributed by atoms with Crippen LogP contribution in [0.25, 0.3) is 0 Å². The Labute approximate surface area is 162 Å². The molecule has 0 radical (unpaired) electrons. The monoisotopic (exact) mass is 386 g/mol. The molecule has 1 aliphatic rings. The largest absolute Gasteiger partial charge is 0.336 e. The summed E-state index contributed by atoms with van der Waals surface area (Å²) in [6, 6.07) is 5.82. The molecule has 2 heterocycles. The molecule has 0 saturated carbocycles. The molecule has 148 valence electrons. The van der Waals surface area contributed by atoms with Gasteiger partial charge in [-0.05, 0) is 23.6 Å². The second kappa shape index (κ2) is 8.33. The van der Waals surface area contributed by atoms with Crippen molar-refractivity contribution in [1.29, 1.82) is 0 Å². The zero-order chi connectivity index (χ0) is 20.3. The Morgan fingerprint density at radius 3 is 2.64 bits per heavy atom. The first kappa shape index (κ1) is 19.7. The van der Waals surface area contributed by atoms with E-state index in [1.807, 2.05) is 13.8 Å². The highest BCUT2D eigenvalue weighted by molar-refractivity contribution is 5.94. The average molecular weight is 386 g/mol. The maximum absolute atomic E-state index is 13.2. The van der Waals surface area contributed by atoms with Crippen molar-refractivity contribution in [2.45, 2.75) is 32.9 Å². The van der Waals surface area contributed by atoms with Crippen LogP contribution in [0.2, 0.25) is 0 Å². The normalized spacial score (nSPS) is 17.7. The second-order valence-electron chi connectivity index (χ2n) is 7.26. The van der Waals surface area contributed by atoms with Crippen molar-refractivity contribution in [3.05, 3.63) is 64.1 Å². The van der Waals surface area contributed by atoms with Crippen LogP contribution in [0.5, 0.6) is 0 Å². The van der Waals surface area contributed by atoms with Gasteiger partial charge in [0.1, 0.15) is 11.4 Å². The van der Waals surface area contributed by atoms with E-state index >= 15 is 0 Å². The summed E-state index contributed by atoms with van der Waals surface area (Å²) in [5, 5.41) is 0. The quantitative estimate of drug-likeness (QED) is 0.868. The summed E-state index contributed by atoms with van der Waals surface area (Å²) in [6.45, 7) is 4.87. The molecule has 0 aliphatic carbocycles. The number of benzene rings is 1. The molecule has 3 rings (SSSR count). The zero-order valence-electron chi connectivity index (χ0n) is 15.9. The molecule has 7 nitrogen and oxygen atoms in total. The summed E-state index contributed by atoms with van der Waals surface area (Å²) in [6.07, 6.45) is 2.63. The third-order valence-electron chi connectivity index (χ3n) is 5.00. The molecule has 1 aromatic heterocycles. The highest BCUT2D eigenvalue weighted by Crippen LogP contribution is 2.22. The molecule has 0 bridgehead atoms. The highest BCUT2D eigenvalue weighted by Gasteiger charge is 2.34. The minimum Gasteiger partial charge on any atom is -0.336 e. The standard InChI is InChI=1S/C20H23FN4O3/c1-13(2)17-11-24(20(28)16-9-22-12-23-19(16)27)8-7-18(26)25(17)10-14-3-5-15(21)6-4-14/h3-6,9,12-13,17H,7-8,10-11H2,1-2H3,(H,22,23,27)/t17-/m0/s1. The van der Waals surface area contributed by atoms with Gasteiger partial charge in [0, 0.05) is 32.3 Å². The van der Waals surface area contributed by atoms with Crippen molar-refractivity contribution in [3.8, 4) is 0 Å². The Bertz CT molecular complexity index is 910. The summed E-state index contributed by atoms with van der Waals surface area (Å²) in [5.74, 6) is -0.746. The lowest BCUT2D eigenvalue weighted by molar-refractivity contribution is -0.134. The number of carbonyl (C=O) groups excluding carboxylic acids is 2. The SMILES string of the molecule is CC(C)[C@@H]1CN(C(=O)c2cnc[nH]c2=O)CCC(=O)N1Cc1ccc(F)cc1. The van der Waals surface area contributed by atoms with Crippen LogP contribution < -0.4 is 5.56 Å². The fourth-order valence-corrected chi connectivity index (χ4v) is 3.39. The molecule has 1 atom stereocenters. The number of nitrogens with zero attached hydrogens (tertiary/aromatic N) is 3. The van der Waals surface area contributed by atoms with Crippen molar-refractivity contribution in [2.75, 3.05) is 13.1 Å². The molecule has 1 saturated heterocycles. The number of amides is 2. The first-order valence-electron chi connectivity index (χ1n) is 9.22. The maximum atomic E-state index is 13.2. The van der Waals surface area contributed by atoms with Crippen molar-refractivity contribution >= 4 is 11.8 Å². The van der Waals surface area contributed by atoms with Crippen LogP contribution in [0.1, 0.15) is 36.2 Å². The van der Waals surface area contributed by atoms with E-state index in [0.717, 1.165) is 5.56 Å². The van der Waals surface area contributed by atoms with Crippen LogP contribution in [-0.2, 0) is 11.3 Å². The smallest absolute Gasteiger partial charge is 0.263 e. The predicted molar refractivity (Wildman–Crippen MR) is 101 cm³/mol. The van der Waals surface area contributed by atoms with Crippen molar-refractivity contribution < 1.29 is 14.0 Å². The third kappa shape index (κ3) is 4.27. The zero-order valence-corrected chi connectivity index (χ0v) is 15.9. The van der Waals surface area contributed by atoms with Gasteiger partial charge < -0.3 is 14.8 Å². The van der Waals surface area contributed by atoms with E-state index in [1.54, 1.807) is 21.9 Å². The molecule has 0 spiro atoms. The van der Waals surface area contributed by atoms with Gasteiger partial charge in [0.25, 0.3) is 11.5 Å². The van der Waals surface area contributed by atoms with Crippen LogP contribution in [0, 0.1) is 11.7 Å². The van der Waals surface area contributed by atoms with Crippen LogP contribution in [0.4, 0.5) is 4.39 Å². The molecule has 1 fully saturated rings. The molecule has 8 heteroatoms. The Morgan fingerprint density at radius 1 is 1.29 bits per heavy atom. The van der Waals surface area contributed by atoms with E-state index in [4.69, 9.17) is 0 Å². The van der Waals surface area contributed by atoms with Gasteiger partial charge in [0.15, 0.2) is 0 Å². The van der Waals surface area contributed by atoms with E-state index in [9.17, 15) is 18.8 Å². The van der Waals surface area contributed by atoms with Crippen molar-refractivity contribution in [2.24, 2.45) is 5.92 Å². The van der Waals surface area contributed by atoms with E-state index < -0.39 is 11.5 Å². The summed E-state index contributed by atoms with van der Waals surface area (Å²) in [5.41, 5.74) is 0.285. The van der Waals surface area contributed by atoms with E-state index in [1.165, 1.54) is 24.7 Å². The Kier molecular flexibility index (Phi) is 5.87. The number of hydrogen-bond acceptors (Lipinski definition) is 4. The van der Waals surface area contributed by atoms with Gasteiger partial charge in [-0.2, -0.15) is 0 Å². The number of aromatic nitrogens is 2. The van der Waals surface area contributed by atoms with Gasteiger partial charge in [-0.25, -0.2) is 9.37 Å². The topological polar surface area (TPSA) is 86.4 Å². The maximum Gasteiger partial charge on any atom is 0.263 e. The molecule has 0 unspecified atom stereocenters. The Morgan fingerprint density at radius 2 is 2.00 bits per heavy atom. The number of nitrogens with one attached hydrogen (secondary N) is 1. The third-order valence-corrected chi connectivity index (χ3v) is 5.00. The fraction of sp³-hybridized carbons (Fsp3) is 0.400. The number of rotatable bonds is 4. The second-order valence-corrected chi connectivity index (χ2v) is 7.26. The highest BCUT2D eigenvalue weighted by atomic mass is 19.1. The summed E-state index contributed by atoms with van der Waals surface area (Å²) in [4.78, 5) is 47.1. The van der Waals surface area contributed by atoms with Gasteiger partial charge in [0.2, 0.25) is 5.91 Å². The van der Waals surface area contributed by atoms with E-state index in [-0.39, 0.29) is 42.2 Å². The molecule has 2 aromatic rings. The lowest BCUT2D eigenvalue weighted by Gasteiger charge is -2.34. The number of H-pyrrole nitrogens is 1. The predicted octanol–water partition coefficient (Wildman–Crippen LogP) is 1.81. The molecular weight excluding hydrogens is 363 g/mol. The van der Waals surface area contributed by atoms with Gasteiger partial charge >= 0.3 is 0 Å². The molecule has 1 N–H and O–H groups in total. The van der Waals surface area contributed by atoms with Crippen LogP contribution >= 0.6 is 0 Å². The molecule has 2 amide bonds. The van der Waals surface area contributed by atoms with Crippen molar-refractivity contribution in [1.82, 2.24) is 19.8 Å². The Balaban J connectivity index is 1.85. The average Bonchev–Trinajstić information content (AvgIpc) is 2.83. The van der Waals surface area contributed by atoms with Crippen LogP contribution in [-0.4, -0.2) is 50.7 Å². The Hall–Kier alpha value is -3.03. The molecule has 28 heavy (non-hydrogen) atoms. The number of carbonyl (C=O) groups is 2. The van der Waals surface area contributed by atoms with E-state index in [2.05, 4.69) is 9.97 Å². The molecular formula is C20H23FN4O3. The minimum atomic E-state index is -0.500. The number of aromatic amines is 1. The van der Waals surface area contributed by atoms with Gasteiger partial charge in [-0.3, -0.25) is 14.4 Å². The van der Waals surface area contributed by atoms with Gasteiger partial charge in [-0.1, -0.05) is 26.0 Å². The fourth-order valence-electron chi connectivity index (χ4n) is 3.39. The number of halogens is 1. The first-order chi connectivity index (χ1) is 13.4. The minimum absolute atomic E-state index is 0.0376.